The third-order valence-corrected chi connectivity index (χ3v) is 5.08. The predicted molar refractivity (Wildman–Crippen MR) is 118 cm³/mol. The molecule has 1 aromatic heterocycles. The zero-order valence-electron chi connectivity index (χ0n) is 18.3. The normalized spacial score (nSPS) is 15.9. The number of nitrogens with one attached hydrogen (secondary N) is 2. The second-order valence-corrected chi connectivity index (χ2v) is 7.76. The average Bonchev–Trinajstić information content (AvgIpc) is 3.05. The molecule has 1 atom stereocenters. The van der Waals surface area contributed by atoms with Crippen LogP contribution in [0.1, 0.15) is 35.8 Å². The van der Waals surface area contributed by atoms with Crippen molar-refractivity contribution in [3.8, 4) is 5.75 Å². The number of fused-ring (bicyclic) bond motifs is 1. The van der Waals surface area contributed by atoms with E-state index in [9.17, 15) is 4.79 Å². The monoisotopic (exact) mass is 412 g/mol. The number of guanidine groups is 1. The molecule has 1 aliphatic heterocycles. The van der Waals surface area contributed by atoms with E-state index < -0.39 is 0 Å². The third kappa shape index (κ3) is 5.75. The fourth-order valence-corrected chi connectivity index (χ4v) is 3.43. The van der Waals surface area contributed by atoms with Crippen LogP contribution >= 0.6 is 0 Å². The van der Waals surface area contributed by atoms with Crippen LogP contribution in [-0.2, 0) is 11.3 Å². The van der Waals surface area contributed by atoms with E-state index in [-0.39, 0.29) is 18.5 Å². The van der Waals surface area contributed by atoms with Gasteiger partial charge in [-0.25, -0.2) is 4.99 Å². The lowest BCUT2D eigenvalue weighted by atomic mass is 10.0. The number of hydrogen-bond acceptors (Lipinski definition) is 4. The molecular weight excluding hydrogens is 380 g/mol. The van der Waals surface area contributed by atoms with Gasteiger partial charge in [0.15, 0.2) is 5.96 Å². The van der Waals surface area contributed by atoms with Gasteiger partial charge in [-0.05, 0) is 32.4 Å². The first kappa shape index (κ1) is 21.7. The van der Waals surface area contributed by atoms with Gasteiger partial charge in [0.2, 0.25) is 5.91 Å². The van der Waals surface area contributed by atoms with E-state index in [1.54, 1.807) is 19.0 Å². The van der Waals surface area contributed by atoms with Gasteiger partial charge in [-0.1, -0.05) is 18.2 Å². The Kier molecular flexibility index (Phi) is 7.32. The van der Waals surface area contributed by atoms with Crippen molar-refractivity contribution in [3.05, 3.63) is 47.3 Å². The summed E-state index contributed by atoms with van der Waals surface area (Å²) in [4.78, 5) is 18.1. The maximum absolute atomic E-state index is 12.0. The van der Waals surface area contributed by atoms with Gasteiger partial charge in [-0.2, -0.15) is 5.10 Å². The fourth-order valence-electron chi connectivity index (χ4n) is 3.43. The molecule has 8 heteroatoms. The van der Waals surface area contributed by atoms with Gasteiger partial charge in [0.25, 0.3) is 0 Å². The van der Waals surface area contributed by atoms with Crippen LogP contribution in [0.25, 0.3) is 0 Å². The number of para-hydroxylation sites is 1. The van der Waals surface area contributed by atoms with Crippen LogP contribution < -0.4 is 15.4 Å². The van der Waals surface area contributed by atoms with E-state index in [1.165, 1.54) is 0 Å². The molecule has 1 aromatic carbocycles. The first-order valence-corrected chi connectivity index (χ1v) is 10.4. The smallest absolute Gasteiger partial charge is 0.243 e. The maximum Gasteiger partial charge on any atom is 0.243 e. The minimum atomic E-state index is -0.0360. The molecule has 1 amide bonds. The zero-order valence-corrected chi connectivity index (χ0v) is 18.3. The molecule has 0 spiro atoms. The quantitative estimate of drug-likeness (QED) is 0.413. The van der Waals surface area contributed by atoms with Crippen molar-refractivity contribution in [1.82, 2.24) is 25.3 Å². The SMILES string of the molecule is Cc1cc(C)n(CCCNC(=NCC(=O)N(C)C)NC2CCOc3ccccc32)n1. The van der Waals surface area contributed by atoms with E-state index in [1.807, 2.05) is 29.8 Å². The van der Waals surface area contributed by atoms with Gasteiger partial charge in [0.05, 0.1) is 18.3 Å². The Bertz CT molecular complexity index is 890. The lowest BCUT2D eigenvalue weighted by Gasteiger charge is -2.28. The molecule has 3 rings (SSSR count). The number of aryl methyl sites for hydroxylation is 3. The van der Waals surface area contributed by atoms with Gasteiger partial charge in [-0.3, -0.25) is 9.48 Å². The van der Waals surface area contributed by atoms with Crippen molar-refractivity contribution in [1.29, 1.82) is 0 Å². The van der Waals surface area contributed by atoms with Crippen LogP contribution in [0.2, 0.25) is 0 Å². The highest BCUT2D eigenvalue weighted by Crippen LogP contribution is 2.31. The third-order valence-electron chi connectivity index (χ3n) is 5.08. The molecular formula is C22H32N6O2. The number of carbonyl (C=O) groups is 1. The number of nitrogens with zero attached hydrogens (tertiary/aromatic N) is 4. The molecule has 2 N–H and O–H groups in total. The van der Waals surface area contributed by atoms with Crippen LogP contribution in [0.15, 0.2) is 35.3 Å². The number of aromatic nitrogens is 2. The Morgan fingerprint density at radius 2 is 2.13 bits per heavy atom. The van der Waals surface area contributed by atoms with Crippen LogP contribution in [0.4, 0.5) is 0 Å². The molecule has 0 saturated heterocycles. The van der Waals surface area contributed by atoms with Crippen LogP contribution in [0.5, 0.6) is 5.75 Å². The van der Waals surface area contributed by atoms with Gasteiger partial charge >= 0.3 is 0 Å². The molecule has 2 aromatic rings. The summed E-state index contributed by atoms with van der Waals surface area (Å²) in [7, 11) is 3.48. The number of aliphatic imine (C=N–C) groups is 1. The molecule has 1 aliphatic rings. The number of rotatable bonds is 7. The van der Waals surface area contributed by atoms with Crippen molar-refractivity contribution in [2.75, 3.05) is 33.8 Å². The van der Waals surface area contributed by atoms with E-state index in [0.29, 0.717) is 12.6 Å². The molecule has 162 valence electrons. The Balaban J connectivity index is 1.62. The van der Waals surface area contributed by atoms with Gasteiger partial charge in [0.1, 0.15) is 12.3 Å². The van der Waals surface area contributed by atoms with Gasteiger partial charge < -0.3 is 20.3 Å². The lowest BCUT2D eigenvalue weighted by Crippen LogP contribution is -2.42. The van der Waals surface area contributed by atoms with Crippen LogP contribution in [-0.4, -0.2) is 60.3 Å². The number of likely N-dealkylation sites (N-methyl/N-ethyl adjacent to an activating group) is 1. The molecule has 0 bridgehead atoms. The lowest BCUT2D eigenvalue weighted by molar-refractivity contribution is -0.127. The Morgan fingerprint density at radius 3 is 2.87 bits per heavy atom. The summed E-state index contributed by atoms with van der Waals surface area (Å²) in [5, 5.41) is 11.4. The standard InChI is InChI=1S/C22H32N6O2/c1-16-14-17(2)28(26-16)12-7-11-23-22(24-15-21(29)27(3)4)25-19-10-13-30-20-9-6-5-8-18(19)20/h5-6,8-9,14,19H,7,10-13,15H2,1-4H3,(H2,23,24,25). The van der Waals surface area contributed by atoms with Crippen molar-refractivity contribution in [2.24, 2.45) is 4.99 Å². The van der Waals surface area contributed by atoms with Crippen molar-refractivity contribution in [2.45, 2.75) is 39.3 Å². The van der Waals surface area contributed by atoms with E-state index in [0.717, 1.165) is 48.6 Å². The van der Waals surface area contributed by atoms with Gasteiger partial charge in [0, 0.05) is 44.9 Å². The minimum Gasteiger partial charge on any atom is -0.493 e. The van der Waals surface area contributed by atoms with Crippen molar-refractivity contribution < 1.29 is 9.53 Å². The van der Waals surface area contributed by atoms with Crippen LogP contribution in [0, 0.1) is 13.8 Å². The summed E-state index contributed by atoms with van der Waals surface area (Å²) >= 11 is 0. The maximum atomic E-state index is 12.0. The molecule has 30 heavy (non-hydrogen) atoms. The largest absolute Gasteiger partial charge is 0.493 e. The summed E-state index contributed by atoms with van der Waals surface area (Å²) in [6, 6.07) is 10.2. The summed E-state index contributed by atoms with van der Waals surface area (Å²) in [5.41, 5.74) is 3.31. The highest BCUT2D eigenvalue weighted by Gasteiger charge is 2.22. The topological polar surface area (TPSA) is 83.8 Å². The second kappa shape index (κ2) is 10.1. The molecule has 0 saturated carbocycles. The zero-order chi connectivity index (χ0) is 21.5. The summed E-state index contributed by atoms with van der Waals surface area (Å²) in [5.74, 6) is 1.50. The van der Waals surface area contributed by atoms with E-state index in [4.69, 9.17) is 4.74 Å². The Hall–Kier alpha value is -3.03. The summed E-state index contributed by atoms with van der Waals surface area (Å²) in [6.07, 6.45) is 1.74. The highest BCUT2D eigenvalue weighted by atomic mass is 16.5. The fraction of sp³-hybridized carbons (Fsp3) is 0.500. The first-order valence-electron chi connectivity index (χ1n) is 10.4. The van der Waals surface area contributed by atoms with Crippen molar-refractivity contribution in [3.63, 3.8) is 0 Å². The van der Waals surface area contributed by atoms with E-state index >= 15 is 0 Å². The number of carbonyl (C=O) groups excluding carboxylic acids is 1. The number of benzene rings is 1. The van der Waals surface area contributed by atoms with Gasteiger partial charge in [-0.15, -0.1) is 0 Å². The Morgan fingerprint density at radius 1 is 1.33 bits per heavy atom. The average molecular weight is 413 g/mol. The Labute approximate surface area is 178 Å². The molecule has 0 fully saturated rings. The van der Waals surface area contributed by atoms with E-state index in [2.05, 4.69) is 39.8 Å². The molecule has 1 unspecified atom stereocenters. The number of hydrogen-bond donors (Lipinski definition) is 2. The number of ether oxygens (including phenoxy) is 1. The highest BCUT2D eigenvalue weighted by molar-refractivity contribution is 5.85. The molecule has 8 nitrogen and oxygen atoms in total. The molecule has 2 heterocycles. The first-order chi connectivity index (χ1) is 14.4. The molecule has 0 aliphatic carbocycles. The minimum absolute atomic E-state index is 0.0360. The molecule has 0 radical (unpaired) electrons. The van der Waals surface area contributed by atoms with Crippen LogP contribution in [0.3, 0.4) is 0 Å². The predicted octanol–water partition coefficient (Wildman–Crippen LogP) is 2.04. The van der Waals surface area contributed by atoms with Crippen molar-refractivity contribution >= 4 is 11.9 Å². The summed E-state index contributed by atoms with van der Waals surface area (Å²) in [6.45, 7) is 6.38. The second-order valence-electron chi connectivity index (χ2n) is 7.76. The summed E-state index contributed by atoms with van der Waals surface area (Å²) < 4.78 is 7.77. The number of amides is 1.